The molecule has 0 unspecified atom stereocenters. The number of carbonyl (C=O) groups excluding carboxylic acids is 1. The zero-order valence-corrected chi connectivity index (χ0v) is 12.9. The number of nitrogens with one attached hydrogen (secondary N) is 1. The minimum atomic E-state index is 0.145. The normalized spacial score (nSPS) is 11.0. The van der Waals surface area contributed by atoms with E-state index < -0.39 is 0 Å². The molecule has 0 saturated carbocycles. The highest BCUT2D eigenvalue weighted by Crippen LogP contribution is 2.22. The monoisotopic (exact) mass is 288 g/mol. The Kier molecular flexibility index (Phi) is 5.39. The molecule has 21 heavy (non-hydrogen) atoms. The van der Waals surface area contributed by atoms with Gasteiger partial charge in [-0.05, 0) is 37.8 Å². The Balaban J connectivity index is 1.99. The summed E-state index contributed by atoms with van der Waals surface area (Å²) in [6.07, 6.45) is 3.14. The lowest BCUT2D eigenvalue weighted by atomic mass is 10.1. The molecule has 4 nitrogen and oxygen atoms in total. The van der Waals surface area contributed by atoms with E-state index in [0.717, 1.165) is 48.0 Å². The number of aromatic nitrogens is 1. The van der Waals surface area contributed by atoms with Crippen LogP contribution in [-0.4, -0.2) is 41.1 Å². The minimum absolute atomic E-state index is 0.145. The Labute approximate surface area is 125 Å². The van der Waals surface area contributed by atoms with E-state index in [-0.39, 0.29) is 12.5 Å². The van der Waals surface area contributed by atoms with Crippen molar-refractivity contribution in [2.24, 2.45) is 0 Å². The van der Waals surface area contributed by atoms with Gasteiger partial charge >= 0.3 is 0 Å². The van der Waals surface area contributed by atoms with Gasteiger partial charge in [-0.2, -0.15) is 0 Å². The molecule has 1 aromatic carbocycles. The Morgan fingerprint density at radius 2 is 2.00 bits per heavy atom. The Bertz CT molecular complexity index is 604. The van der Waals surface area contributed by atoms with Gasteiger partial charge in [0.2, 0.25) is 5.91 Å². The number of amides is 1. The molecule has 2 N–H and O–H groups in total. The molecular weight excluding hydrogens is 264 g/mol. The summed E-state index contributed by atoms with van der Waals surface area (Å²) in [5, 5.41) is 9.90. The fourth-order valence-corrected chi connectivity index (χ4v) is 2.61. The average molecular weight is 288 g/mol. The van der Waals surface area contributed by atoms with Crippen LogP contribution in [0.2, 0.25) is 0 Å². The van der Waals surface area contributed by atoms with Crippen molar-refractivity contribution in [2.75, 3.05) is 20.2 Å². The molecule has 0 spiro atoms. The number of aryl methyl sites for hydroxylation is 1. The van der Waals surface area contributed by atoms with Gasteiger partial charge in [0.05, 0.1) is 6.42 Å². The van der Waals surface area contributed by atoms with E-state index in [9.17, 15) is 4.79 Å². The summed E-state index contributed by atoms with van der Waals surface area (Å²) in [5.41, 5.74) is 3.25. The zero-order chi connectivity index (χ0) is 15.2. The topological polar surface area (TPSA) is 56.3 Å². The Morgan fingerprint density at radius 3 is 2.76 bits per heavy atom. The molecule has 0 fully saturated rings. The highest BCUT2D eigenvalue weighted by molar-refractivity contribution is 5.90. The third-order valence-corrected chi connectivity index (χ3v) is 3.93. The lowest BCUT2D eigenvalue weighted by molar-refractivity contribution is -0.129. The molecule has 2 aromatic rings. The van der Waals surface area contributed by atoms with Gasteiger partial charge in [0.25, 0.3) is 0 Å². The number of aromatic amines is 1. The first-order valence-corrected chi connectivity index (χ1v) is 7.54. The molecule has 114 valence electrons. The van der Waals surface area contributed by atoms with Gasteiger partial charge in [0, 0.05) is 36.8 Å². The van der Waals surface area contributed by atoms with Gasteiger partial charge in [-0.3, -0.25) is 4.79 Å². The molecule has 1 heterocycles. The third kappa shape index (κ3) is 3.85. The molecule has 4 heteroatoms. The van der Waals surface area contributed by atoms with E-state index in [1.165, 1.54) is 0 Å². The van der Waals surface area contributed by atoms with Gasteiger partial charge in [-0.15, -0.1) is 0 Å². The SMILES string of the molecule is Cc1[nH]c2ccccc2c1CC(=O)N(C)CCCCCO. The summed E-state index contributed by atoms with van der Waals surface area (Å²) in [6, 6.07) is 8.09. The van der Waals surface area contributed by atoms with Crippen LogP contribution in [0.1, 0.15) is 30.5 Å². The molecule has 0 atom stereocenters. The Morgan fingerprint density at radius 1 is 1.24 bits per heavy atom. The number of aliphatic hydroxyl groups excluding tert-OH is 1. The second kappa shape index (κ2) is 7.27. The van der Waals surface area contributed by atoms with Crippen molar-refractivity contribution in [3.8, 4) is 0 Å². The van der Waals surface area contributed by atoms with Crippen molar-refractivity contribution in [2.45, 2.75) is 32.6 Å². The van der Waals surface area contributed by atoms with Crippen LogP contribution in [0.15, 0.2) is 24.3 Å². The van der Waals surface area contributed by atoms with E-state index >= 15 is 0 Å². The molecule has 0 saturated heterocycles. The number of hydrogen-bond donors (Lipinski definition) is 2. The maximum Gasteiger partial charge on any atom is 0.226 e. The highest BCUT2D eigenvalue weighted by Gasteiger charge is 2.14. The number of unbranched alkanes of at least 4 members (excludes halogenated alkanes) is 2. The maximum absolute atomic E-state index is 12.3. The molecule has 0 aliphatic heterocycles. The molecule has 0 aliphatic carbocycles. The number of H-pyrrole nitrogens is 1. The van der Waals surface area contributed by atoms with E-state index in [1.807, 2.05) is 32.2 Å². The molecular formula is C17H24N2O2. The number of fused-ring (bicyclic) bond motifs is 1. The van der Waals surface area contributed by atoms with Gasteiger partial charge in [-0.1, -0.05) is 18.2 Å². The van der Waals surface area contributed by atoms with Crippen LogP contribution >= 0.6 is 0 Å². The largest absolute Gasteiger partial charge is 0.396 e. The highest BCUT2D eigenvalue weighted by atomic mass is 16.2. The number of carbonyl (C=O) groups is 1. The maximum atomic E-state index is 12.3. The van der Waals surface area contributed by atoms with Crippen molar-refractivity contribution in [1.29, 1.82) is 0 Å². The van der Waals surface area contributed by atoms with Crippen molar-refractivity contribution >= 4 is 16.8 Å². The predicted octanol–water partition coefficient (Wildman–Crippen LogP) is 2.64. The first-order chi connectivity index (χ1) is 10.1. The number of hydrogen-bond acceptors (Lipinski definition) is 2. The number of para-hydroxylation sites is 1. The first-order valence-electron chi connectivity index (χ1n) is 7.54. The summed E-state index contributed by atoms with van der Waals surface area (Å²) >= 11 is 0. The molecule has 1 amide bonds. The van der Waals surface area contributed by atoms with Crippen LogP contribution in [0.3, 0.4) is 0 Å². The smallest absolute Gasteiger partial charge is 0.226 e. The second-order valence-corrected chi connectivity index (χ2v) is 5.55. The van der Waals surface area contributed by atoms with Crippen LogP contribution < -0.4 is 0 Å². The third-order valence-electron chi connectivity index (χ3n) is 3.93. The lowest BCUT2D eigenvalue weighted by Gasteiger charge is -2.17. The number of nitrogens with zero attached hydrogens (tertiary/aromatic N) is 1. The van der Waals surface area contributed by atoms with E-state index in [4.69, 9.17) is 5.11 Å². The summed E-state index contributed by atoms with van der Waals surface area (Å²) in [5.74, 6) is 0.145. The standard InChI is InChI=1S/C17H24N2O2/c1-13-15(14-8-4-5-9-16(14)18-13)12-17(21)19(2)10-6-3-7-11-20/h4-5,8-9,18,20H,3,6-7,10-12H2,1-2H3. The van der Waals surface area contributed by atoms with Gasteiger partial charge in [0.15, 0.2) is 0 Å². The predicted molar refractivity (Wildman–Crippen MR) is 85.3 cm³/mol. The van der Waals surface area contributed by atoms with Gasteiger partial charge < -0.3 is 15.0 Å². The van der Waals surface area contributed by atoms with Crippen LogP contribution in [0.5, 0.6) is 0 Å². The molecule has 0 aliphatic rings. The van der Waals surface area contributed by atoms with Crippen molar-refractivity contribution < 1.29 is 9.90 Å². The van der Waals surface area contributed by atoms with Crippen LogP contribution in [0.25, 0.3) is 10.9 Å². The molecule has 0 radical (unpaired) electrons. The first kappa shape index (κ1) is 15.6. The van der Waals surface area contributed by atoms with Crippen LogP contribution in [0.4, 0.5) is 0 Å². The molecule has 0 bridgehead atoms. The van der Waals surface area contributed by atoms with Crippen molar-refractivity contribution in [3.05, 3.63) is 35.5 Å². The van der Waals surface area contributed by atoms with Crippen molar-refractivity contribution in [3.63, 3.8) is 0 Å². The number of rotatable bonds is 7. The number of aliphatic hydroxyl groups is 1. The summed E-state index contributed by atoms with van der Waals surface area (Å²) in [6.45, 7) is 3.00. The number of likely N-dealkylation sites (N-methyl/N-ethyl adjacent to an activating group) is 1. The van der Waals surface area contributed by atoms with Gasteiger partial charge in [0.1, 0.15) is 0 Å². The zero-order valence-electron chi connectivity index (χ0n) is 12.9. The quantitative estimate of drug-likeness (QED) is 0.770. The van der Waals surface area contributed by atoms with E-state index in [2.05, 4.69) is 11.1 Å². The fourth-order valence-electron chi connectivity index (χ4n) is 2.61. The second-order valence-electron chi connectivity index (χ2n) is 5.55. The summed E-state index contributed by atoms with van der Waals surface area (Å²) in [4.78, 5) is 17.5. The number of benzene rings is 1. The summed E-state index contributed by atoms with van der Waals surface area (Å²) < 4.78 is 0. The van der Waals surface area contributed by atoms with Gasteiger partial charge in [-0.25, -0.2) is 0 Å². The molecule has 1 aromatic heterocycles. The van der Waals surface area contributed by atoms with Crippen molar-refractivity contribution in [1.82, 2.24) is 9.88 Å². The average Bonchev–Trinajstić information content (AvgIpc) is 2.79. The van der Waals surface area contributed by atoms with Crippen LogP contribution in [-0.2, 0) is 11.2 Å². The fraction of sp³-hybridized carbons (Fsp3) is 0.471. The van der Waals surface area contributed by atoms with E-state index in [1.54, 1.807) is 4.90 Å². The summed E-state index contributed by atoms with van der Waals surface area (Å²) in [7, 11) is 1.85. The minimum Gasteiger partial charge on any atom is -0.396 e. The molecule has 2 rings (SSSR count). The van der Waals surface area contributed by atoms with E-state index in [0.29, 0.717) is 6.42 Å². The van der Waals surface area contributed by atoms with Crippen LogP contribution in [0, 0.1) is 6.92 Å². The Hall–Kier alpha value is -1.81. The lowest BCUT2D eigenvalue weighted by Crippen LogP contribution is -2.29.